The van der Waals surface area contributed by atoms with Gasteiger partial charge >= 0.3 is 6.09 Å². The van der Waals surface area contributed by atoms with Crippen molar-refractivity contribution in [3.05, 3.63) is 41.4 Å². The highest BCUT2D eigenvalue weighted by Crippen LogP contribution is 2.50. The molecule has 1 aromatic heterocycles. The number of alkyl carbamates (subject to hydrolysis) is 1. The molecular weight excluding hydrogens is 697 g/mol. The maximum Gasteiger partial charge on any atom is 0.408 e. The second-order valence-electron chi connectivity index (χ2n) is 15.0. The van der Waals surface area contributed by atoms with E-state index >= 15 is 0 Å². The molecule has 16 heteroatoms. The molecule has 1 saturated heterocycles. The molecule has 3 heterocycles. The van der Waals surface area contributed by atoms with Crippen LogP contribution in [0.15, 0.2) is 36.4 Å². The van der Waals surface area contributed by atoms with Gasteiger partial charge in [-0.05, 0) is 77.8 Å². The van der Waals surface area contributed by atoms with Crippen molar-refractivity contribution in [1.82, 2.24) is 30.1 Å². The highest BCUT2D eigenvalue weighted by molar-refractivity contribution is 7.91. The molecule has 3 N–H and O–H groups in total. The average Bonchev–Trinajstić information content (AvgIpc) is 3.96. The molecule has 2 aromatic rings. The number of nitrogens with one attached hydrogen (secondary N) is 3. The summed E-state index contributed by atoms with van der Waals surface area (Å²) in [5.41, 5.74) is -1.61. The Labute approximate surface area is 301 Å². The molecule has 0 radical (unpaired) electrons. The third-order valence-electron chi connectivity index (χ3n) is 9.92. The summed E-state index contributed by atoms with van der Waals surface area (Å²) in [6.45, 7) is 5.12. The van der Waals surface area contributed by atoms with E-state index in [2.05, 4.69) is 20.3 Å². The molecule has 5 amide bonds. The first kappa shape index (κ1) is 36.7. The summed E-state index contributed by atoms with van der Waals surface area (Å²) in [4.78, 5) is 76.2. The minimum atomic E-state index is -3.90. The van der Waals surface area contributed by atoms with Crippen molar-refractivity contribution in [1.29, 1.82) is 0 Å². The first-order chi connectivity index (χ1) is 24.1. The Morgan fingerprint density at radius 1 is 1.02 bits per heavy atom. The lowest BCUT2D eigenvalue weighted by molar-refractivity contribution is -0.148. The fourth-order valence-corrected chi connectivity index (χ4v) is 9.22. The van der Waals surface area contributed by atoms with Gasteiger partial charge in [-0.15, -0.1) is 11.3 Å². The van der Waals surface area contributed by atoms with Gasteiger partial charge in [-0.3, -0.25) is 23.9 Å². The summed E-state index contributed by atoms with van der Waals surface area (Å²) in [7, 11) is -2.44. The summed E-state index contributed by atoms with van der Waals surface area (Å²) in [5.74, 6) is -2.73. The van der Waals surface area contributed by atoms with Crippen LogP contribution in [0.5, 0.6) is 0 Å². The number of carbonyl (C=O) groups is 5. The van der Waals surface area contributed by atoms with Crippen LogP contribution >= 0.6 is 11.3 Å². The average molecular weight is 743 g/mol. The van der Waals surface area contributed by atoms with E-state index in [0.29, 0.717) is 37.6 Å². The largest absolute Gasteiger partial charge is 0.444 e. The van der Waals surface area contributed by atoms with E-state index in [-0.39, 0.29) is 24.4 Å². The van der Waals surface area contributed by atoms with Crippen molar-refractivity contribution >= 4 is 61.3 Å². The van der Waals surface area contributed by atoms with E-state index in [0.717, 1.165) is 17.5 Å². The second kappa shape index (κ2) is 14.2. The van der Waals surface area contributed by atoms with Gasteiger partial charge in [0.1, 0.15) is 23.2 Å². The number of para-hydroxylation sites is 1. The summed E-state index contributed by atoms with van der Waals surface area (Å²) in [6.07, 6.45) is 7.38. The van der Waals surface area contributed by atoms with Crippen molar-refractivity contribution in [2.24, 2.45) is 5.92 Å². The fraction of sp³-hybridized carbons (Fsp3) is 0.600. The molecule has 1 aromatic carbocycles. The summed E-state index contributed by atoms with van der Waals surface area (Å²) in [5, 5.41) is 5.27. The molecule has 5 atom stereocenters. The van der Waals surface area contributed by atoms with Crippen molar-refractivity contribution in [3.8, 4) is 0 Å². The van der Waals surface area contributed by atoms with Crippen LogP contribution in [0.1, 0.15) is 88.4 Å². The van der Waals surface area contributed by atoms with Crippen LogP contribution in [0.4, 0.5) is 4.79 Å². The standard InChI is InChI=1S/C35H46N6O8S2/c1-34(2,3)49-33(46)38-25-14-9-7-5-6-8-12-21-19-35(21,32(45)39-51(47,48)23-16-17-23)40(4)31(44)26-18-22(20-41(26)30(25)43)36-28(42)29-37-24-13-10-11-15-27(24)50-29/h8,10-13,15,21-23,25-26H,5-7,9,14,16-20H2,1-4H3,(H,36,42)(H,38,46)(H,39,45)/b12-8-/t21-,22-,25+,26+,35-/m1/s1. The lowest BCUT2D eigenvalue weighted by Crippen LogP contribution is -2.58. The minimum absolute atomic E-state index is 0.0310. The Hall–Kier alpha value is -4.05. The van der Waals surface area contributed by atoms with Crippen LogP contribution in [-0.4, -0.2) is 101 Å². The zero-order valence-corrected chi connectivity index (χ0v) is 31.0. The second-order valence-corrected chi connectivity index (χ2v) is 18.0. The molecular formula is C35H46N6O8S2. The molecule has 2 aliphatic heterocycles. The van der Waals surface area contributed by atoms with E-state index < -0.39 is 80.2 Å². The number of carbonyl (C=O) groups excluding carboxylic acids is 5. The number of ether oxygens (including phenoxy) is 1. The summed E-state index contributed by atoms with van der Waals surface area (Å²) < 4.78 is 34.3. The summed E-state index contributed by atoms with van der Waals surface area (Å²) >= 11 is 1.23. The Kier molecular flexibility index (Phi) is 10.2. The number of hydrogen-bond acceptors (Lipinski definition) is 10. The number of aromatic nitrogens is 1. The molecule has 14 nitrogen and oxygen atoms in total. The smallest absolute Gasteiger partial charge is 0.408 e. The van der Waals surface area contributed by atoms with Gasteiger partial charge < -0.3 is 25.2 Å². The Bertz CT molecular complexity index is 1820. The Balaban J connectivity index is 1.30. The topological polar surface area (TPSA) is 184 Å². The number of allylic oxidation sites excluding steroid dienone is 1. The van der Waals surface area contributed by atoms with Crippen molar-refractivity contribution in [2.75, 3.05) is 13.6 Å². The lowest BCUT2D eigenvalue weighted by Gasteiger charge is -2.34. The number of benzene rings is 1. The number of fused-ring (bicyclic) bond motifs is 3. The number of hydrogen-bond donors (Lipinski definition) is 3. The molecule has 6 rings (SSSR count). The minimum Gasteiger partial charge on any atom is -0.444 e. The lowest BCUT2D eigenvalue weighted by atomic mass is 10.0. The normalized spacial score (nSPS) is 28.2. The van der Waals surface area contributed by atoms with Gasteiger partial charge in [0.05, 0.1) is 15.5 Å². The zero-order valence-electron chi connectivity index (χ0n) is 29.3. The number of rotatable bonds is 6. The van der Waals surface area contributed by atoms with E-state index in [1.165, 1.54) is 28.2 Å². The predicted molar refractivity (Wildman–Crippen MR) is 190 cm³/mol. The van der Waals surface area contributed by atoms with Gasteiger partial charge in [-0.1, -0.05) is 37.1 Å². The fourth-order valence-electron chi connectivity index (χ4n) is 6.99. The van der Waals surface area contributed by atoms with Crippen LogP contribution in [0.25, 0.3) is 10.2 Å². The number of amides is 5. The maximum atomic E-state index is 14.5. The van der Waals surface area contributed by atoms with Gasteiger partial charge in [-0.2, -0.15) is 0 Å². The third-order valence-corrected chi connectivity index (χ3v) is 12.8. The first-order valence-electron chi connectivity index (χ1n) is 17.6. The quantitative estimate of drug-likeness (QED) is 0.374. The molecule has 2 saturated carbocycles. The monoisotopic (exact) mass is 742 g/mol. The van der Waals surface area contributed by atoms with Crippen LogP contribution in [0.2, 0.25) is 0 Å². The van der Waals surface area contributed by atoms with Gasteiger partial charge in [0, 0.05) is 25.6 Å². The van der Waals surface area contributed by atoms with Crippen molar-refractivity contribution < 1.29 is 37.1 Å². The predicted octanol–water partition coefficient (Wildman–Crippen LogP) is 3.23. The zero-order chi connectivity index (χ0) is 36.7. The molecule has 51 heavy (non-hydrogen) atoms. The van der Waals surface area contributed by atoms with Crippen LogP contribution in [0.3, 0.4) is 0 Å². The molecule has 0 spiro atoms. The number of sulfonamides is 1. The molecule has 3 fully saturated rings. The maximum absolute atomic E-state index is 14.5. The van der Waals surface area contributed by atoms with E-state index in [9.17, 15) is 32.4 Å². The summed E-state index contributed by atoms with van der Waals surface area (Å²) in [6, 6.07) is 4.56. The first-order valence-corrected chi connectivity index (χ1v) is 19.9. The highest BCUT2D eigenvalue weighted by atomic mass is 32.2. The number of thiazole rings is 1. The SMILES string of the molecule is CN1C(=O)[C@@H]2C[C@@H](NC(=O)c3nc4ccccc4s3)CN2C(=O)[C@@H](NC(=O)OC(C)(C)C)CCCCC/C=C\[C@@H]2C[C@]21C(=O)NS(=O)(=O)C1CC1. The molecule has 0 unspecified atom stereocenters. The third kappa shape index (κ3) is 8.06. The van der Waals surface area contributed by atoms with Gasteiger partial charge in [0.15, 0.2) is 5.01 Å². The van der Waals surface area contributed by atoms with Gasteiger partial charge in [0.25, 0.3) is 11.8 Å². The van der Waals surface area contributed by atoms with E-state index in [1.54, 1.807) is 20.8 Å². The Morgan fingerprint density at radius 2 is 1.76 bits per heavy atom. The van der Waals surface area contributed by atoms with Crippen LogP contribution in [0, 0.1) is 5.92 Å². The highest BCUT2D eigenvalue weighted by Gasteiger charge is 2.65. The van der Waals surface area contributed by atoms with Crippen molar-refractivity contribution in [2.45, 2.75) is 113 Å². The Morgan fingerprint density at radius 3 is 2.47 bits per heavy atom. The van der Waals surface area contributed by atoms with E-state index in [4.69, 9.17) is 4.74 Å². The molecule has 4 aliphatic rings. The van der Waals surface area contributed by atoms with E-state index in [1.807, 2.05) is 36.4 Å². The van der Waals surface area contributed by atoms with Crippen LogP contribution in [-0.2, 0) is 29.1 Å². The molecule has 2 aliphatic carbocycles. The van der Waals surface area contributed by atoms with Gasteiger partial charge in [0.2, 0.25) is 21.8 Å². The van der Waals surface area contributed by atoms with Gasteiger partial charge in [-0.25, -0.2) is 18.2 Å². The van der Waals surface area contributed by atoms with Crippen LogP contribution < -0.4 is 15.4 Å². The molecule has 276 valence electrons. The number of likely N-dealkylation sites (N-methyl/N-ethyl adjacent to an activating group) is 1. The van der Waals surface area contributed by atoms with Crippen molar-refractivity contribution in [3.63, 3.8) is 0 Å². The number of nitrogens with zero attached hydrogens (tertiary/aromatic N) is 3. The molecule has 0 bridgehead atoms.